The molecule has 2 fully saturated rings. The van der Waals surface area contributed by atoms with Gasteiger partial charge in [0.1, 0.15) is 0 Å². The molecule has 0 spiro atoms. The fraction of sp³-hybridized carbons (Fsp3) is 0.375. The Labute approximate surface area is 137 Å². The normalized spacial score (nSPS) is 26.3. The van der Waals surface area contributed by atoms with E-state index in [1.807, 2.05) is 36.0 Å². The molecule has 2 aliphatic heterocycles. The lowest BCUT2D eigenvalue weighted by Gasteiger charge is -2.21. The number of thiazole rings is 1. The van der Waals surface area contributed by atoms with Gasteiger partial charge >= 0.3 is 0 Å². The third kappa shape index (κ3) is 2.91. The minimum Gasteiger partial charge on any atom is -0.348 e. The van der Waals surface area contributed by atoms with Crippen molar-refractivity contribution in [2.24, 2.45) is 0 Å². The van der Waals surface area contributed by atoms with Crippen LogP contribution in [0.4, 0.5) is 0 Å². The predicted octanol–water partition coefficient (Wildman–Crippen LogP) is 2.92. The smallest absolute Gasteiger partial charge is 0.251 e. The zero-order valence-corrected chi connectivity index (χ0v) is 13.6. The largest absolute Gasteiger partial charge is 0.348 e. The van der Waals surface area contributed by atoms with Crippen LogP contribution in [0.5, 0.6) is 0 Å². The van der Waals surface area contributed by atoms with Crippen LogP contribution in [0.2, 0.25) is 0 Å². The molecule has 0 unspecified atom stereocenters. The van der Waals surface area contributed by atoms with Crippen molar-refractivity contribution in [3.8, 4) is 0 Å². The summed E-state index contributed by atoms with van der Waals surface area (Å²) in [5, 5.41) is 6.72. The average Bonchev–Trinajstić information content (AvgIpc) is 3.25. The molecule has 0 saturated carbocycles. The van der Waals surface area contributed by atoms with Gasteiger partial charge in [-0.15, -0.1) is 11.3 Å². The van der Waals surface area contributed by atoms with Gasteiger partial charge in [0.05, 0.1) is 15.9 Å². The monoisotopic (exact) mass is 331 g/mol. The third-order valence-electron chi connectivity index (χ3n) is 4.36. The number of hydrogen-bond acceptors (Lipinski definition) is 5. The molecule has 1 amide bonds. The van der Waals surface area contributed by atoms with Gasteiger partial charge in [0.15, 0.2) is 0 Å². The van der Waals surface area contributed by atoms with Crippen molar-refractivity contribution in [1.82, 2.24) is 15.6 Å². The van der Waals surface area contributed by atoms with Gasteiger partial charge < -0.3 is 10.6 Å². The van der Waals surface area contributed by atoms with Gasteiger partial charge in [-0.25, -0.2) is 0 Å². The fourth-order valence-corrected chi connectivity index (χ4v) is 4.86. The lowest BCUT2D eigenvalue weighted by molar-refractivity contribution is 0.0931. The van der Waals surface area contributed by atoms with E-state index in [0.29, 0.717) is 12.1 Å². The summed E-state index contributed by atoms with van der Waals surface area (Å²) >= 11 is 3.29. The SMILES string of the molecule is O=C(N[C@@H]1C[C@H]2CC[C@@H]1N2)c1ccc(Sc2cncs2)cc1. The Bertz CT molecular complexity index is 657. The average molecular weight is 331 g/mol. The first-order valence-electron chi connectivity index (χ1n) is 7.51. The number of benzene rings is 1. The van der Waals surface area contributed by atoms with Gasteiger partial charge in [-0.3, -0.25) is 9.78 Å². The highest BCUT2D eigenvalue weighted by atomic mass is 32.2. The highest BCUT2D eigenvalue weighted by molar-refractivity contribution is 8.01. The molecule has 2 aliphatic rings. The van der Waals surface area contributed by atoms with E-state index in [0.717, 1.165) is 21.1 Å². The van der Waals surface area contributed by atoms with Crippen molar-refractivity contribution < 1.29 is 4.79 Å². The summed E-state index contributed by atoms with van der Waals surface area (Å²) in [6.07, 6.45) is 5.36. The van der Waals surface area contributed by atoms with Crippen LogP contribution in [0.25, 0.3) is 0 Å². The van der Waals surface area contributed by atoms with E-state index < -0.39 is 0 Å². The van der Waals surface area contributed by atoms with Crippen LogP contribution in [0.15, 0.2) is 45.1 Å². The summed E-state index contributed by atoms with van der Waals surface area (Å²) in [7, 11) is 0. The van der Waals surface area contributed by atoms with Gasteiger partial charge in [-0.1, -0.05) is 11.8 Å². The van der Waals surface area contributed by atoms with Crippen LogP contribution in [0.3, 0.4) is 0 Å². The highest BCUT2D eigenvalue weighted by Gasteiger charge is 2.39. The molecule has 2 bridgehead atoms. The van der Waals surface area contributed by atoms with E-state index in [2.05, 4.69) is 15.6 Å². The van der Waals surface area contributed by atoms with Crippen molar-refractivity contribution in [2.45, 2.75) is 46.5 Å². The van der Waals surface area contributed by atoms with Crippen LogP contribution in [-0.4, -0.2) is 29.0 Å². The Kier molecular flexibility index (Phi) is 3.90. The zero-order chi connectivity index (χ0) is 14.9. The molecular formula is C16H17N3OS2. The molecule has 2 saturated heterocycles. The third-order valence-corrected chi connectivity index (χ3v) is 6.28. The molecule has 0 radical (unpaired) electrons. The molecule has 0 aliphatic carbocycles. The summed E-state index contributed by atoms with van der Waals surface area (Å²) in [5.74, 6) is 0.0358. The number of amides is 1. The predicted molar refractivity (Wildman–Crippen MR) is 88.5 cm³/mol. The lowest BCUT2D eigenvalue weighted by Crippen LogP contribution is -2.42. The number of carbonyl (C=O) groups is 1. The Hall–Kier alpha value is -1.37. The molecule has 3 heterocycles. The van der Waals surface area contributed by atoms with E-state index in [4.69, 9.17) is 0 Å². The first-order valence-corrected chi connectivity index (χ1v) is 9.21. The molecule has 22 heavy (non-hydrogen) atoms. The van der Waals surface area contributed by atoms with Crippen LogP contribution >= 0.6 is 23.1 Å². The summed E-state index contributed by atoms with van der Waals surface area (Å²) in [6.45, 7) is 0. The Morgan fingerprint density at radius 2 is 2.18 bits per heavy atom. The maximum Gasteiger partial charge on any atom is 0.251 e. The van der Waals surface area contributed by atoms with Crippen LogP contribution in [0.1, 0.15) is 29.6 Å². The summed E-state index contributed by atoms with van der Waals surface area (Å²) in [5.41, 5.74) is 2.56. The second kappa shape index (κ2) is 6.02. The first kappa shape index (κ1) is 14.2. The van der Waals surface area contributed by atoms with Crippen LogP contribution in [-0.2, 0) is 0 Å². The highest BCUT2D eigenvalue weighted by Crippen LogP contribution is 2.31. The second-order valence-corrected chi connectivity index (χ2v) is 8.07. The number of aromatic nitrogens is 1. The van der Waals surface area contributed by atoms with Gasteiger partial charge in [-0.2, -0.15) is 0 Å². The summed E-state index contributed by atoms with van der Waals surface area (Å²) in [6, 6.07) is 9.16. The van der Waals surface area contributed by atoms with E-state index in [9.17, 15) is 4.79 Å². The number of carbonyl (C=O) groups excluding carboxylic acids is 1. The van der Waals surface area contributed by atoms with Gasteiger partial charge in [-0.05, 0) is 43.5 Å². The van der Waals surface area contributed by atoms with E-state index in [1.165, 1.54) is 12.8 Å². The van der Waals surface area contributed by atoms with E-state index in [-0.39, 0.29) is 11.9 Å². The summed E-state index contributed by atoms with van der Waals surface area (Å²) < 4.78 is 1.16. The molecule has 2 aromatic rings. The number of rotatable bonds is 4. The topological polar surface area (TPSA) is 54.0 Å². The van der Waals surface area contributed by atoms with Crippen molar-refractivity contribution in [2.75, 3.05) is 0 Å². The van der Waals surface area contributed by atoms with Gasteiger partial charge in [0.25, 0.3) is 5.91 Å². The lowest BCUT2D eigenvalue weighted by atomic mass is 9.95. The second-order valence-electron chi connectivity index (χ2n) is 5.81. The maximum absolute atomic E-state index is 12.4. The van der Waals surface area contributed by atoms with Gasteiger partial charge in [0.2, 0.25) is 0 Å². The Morgan fingerprint density at radius 3 is 2.82 bits per heavy atom. The Morgan fingerprint density at radius 1 is 1.32 bits per heavy atom. The van der Waals surface area contributed by atoms with E-state index in [1.54, 1.807) is 23.1 Å². The standard InChI is InChI=1S/C16H17N3OS2/c20-16(19-14-7-11-3-6-13(14)18-11)10-1-4-12(5-2-10)22-15-8-17-9-21-15/h1-2,4-5,8-9,11,13-14,18H,3,6-7H2,(H,19,20)/t11-,13+,14-/m1/s1. The van der Waals surface area contributed by atoms with Crippen molar-refractivity contribution in [3.05, 3.63) is 41.5 Å². The molecule has 6 heteroatoms. The molecule has 1 aromatic heterocycles. The number of fused-ring (bicyclic) bond motifs is 2. The van der Waals surface area contributed by atoms with Crippen LogP contribution in [0, 0.1) is 0 Å². The Balaban J connectivity index is 1.38. The molecule has 4 rings (SSSR count). The van der Waals surface area contributed by atoms with Gasteiger partial charge in [0, 0.05) is 28.6 Å². The molecule has 114 valence electrons. The quantitative estimate of drug-likeness (QED) is 0.904. The number of hydrogen-bond donors (Lipinski definition) is 2. The number of nitrogens with zero attached hydrogens (tertiary/aromatic N) is 1. The minimum absolute atomic E-state index is 0.0358. The maximum atomic E-state index is 12.4. The molecular weight excluding hydrogens is 314 g/mol. The molecule has 2 N–H and O–H groups in total. The zero-order valence-electron chi connectivity index (χ0n) is 12.0. The van der Waals surface area contributed by atoms with Crippen LogP contribution < -0.4 is 10.6 Å². The molecule has 3 atom stereocenters. The van der Waals surface area contributed by atoms with Crippen molar-refractivity contribution in [1.29, 1.82) is 0 Å². The fourth-order valence-electron chi connectivity index (χ4n) is 3.28. The van der Waals surface area contributed by atoms with E-state index >= 15 is 0 Å². The summed E-state index contributed by atoms with van der Waals surface area (Å²) in [4.78, 5) is 17.5. The van der Waals surface area contributed by atoms with Crippen molar-refractivity contribution >= 4 is 29.0 Å². The number of nitrogens with one attached hydrogen (secondary N) is 2. The minimum atomic E-state index is 0.0358. The van der Waals surface area contributed by atoms with Crippen molar-refractivity contribution in [3.63, 3.8) is 0 Å². The molecule has 1 aromatic carbocycles. The first-order chi connectivity index (χ1) is 10.8. The molecule has 4 nitrogen and oxygen atoms in total.